The van der Waals surface area contributed by atoms with Crippen molar-refractivity contribution < 1.29 is 14.6 Å². The Morgan fingerprint density at radius 1 is 1.55 bits per heavy atom. The van der Waals surface area contributed by atoms with E-state index >= 15 is 0 Å². The molecule has 2 aromatic heterocycles. The summed E-state index contributed by atoms with van der Waals surface area (Å²) < 4.78 is 4.91. The van der Waals surface area contributed by atoms with Crippen LogP contribution in [0.2, 0.25) is 0 Å². The Morgan fingerprint density at radius 3 is 3.05 bits per heavy atom. The van der Waals surface area contributed by atoms with Gasteiger partial charge in [-0.25, -0.2) is 4.98 Å². The number of aliphatic hydroxyl groups excluding tert-OH is 1. The van der Waals surface area contributed by atoms with Gasteiger partial charge in [-0.05, 0) is 11.4 Å². The standard InChI is InChI=1S/C13H16N2O3S2/c1-18-7-10(6-16)14-12(17)5-9-8-20-13(15-9)11-3-2-4-19-11/h2-4,8,10,16H,5-7H2,1H3,(H,14,17). The lowest BCUT2D eigenvalue weighted by Crippen LogP contribution is -2.41. The second-order valence-corrected chi connectivity index (χ2v) is 6.01. The maximum Gasteiger partial charge on any atom is 0.226 e. The summed E-state index contributed by atoms with van der Waals surface area (Å²) >= 11 is 3.16. The Bertz CT molecular complexity index is 540. The lowest BCUT2D eigenvalue weighted by Gasteiger charge is -2.14. The summed E-state index contributed by atoms with van der Waals surface area (Å²) in [6.45, 7) is 0.150. The number of carbonyl (C=O) groups is 1. The van der Waals surface area contributed by atoms with Crippen LogP contribution < -0.4 is 5.32 Å². The summed E-state index contributed by atoms with van der Waals surface area (Å²) in [5.41, 5.74) is 0.741. The van der Waals surface area contributed by atoms with E-state index in [4.69, 9.17) is 9.84 Å². The number of carbonyl (C=O) groups excluding carboxylic acids is 1. The monoisotopic (exact) mass is 312 g/mol. The van der Waals surface area contributed by atoms with Crippen LogP contribution in [0.5, 0.6) is 0 Å². The number of aliphatic hydroxyl groups is 1. The molecule has 0 bridgehead atoms. The third-order valence-corrected chi connectivity index (χ3v) is 4.51. The first-order valence-electron chi connectivity index (χ1n) is 6.10. The van der Waals surface area contributed by atoms with Crippen LogP contribution in [0.15, 0.2) is 22.9 Å². The molecule has 7 heteroatoms. The Hall–Kier alpha value is -1.28. The molecule has 2 rings (SSSR count). The van der Waals surface area contributed by atoms with E-state index in [0.29, 0.717) is 6.61 Å². The Labute approximate surface area is 125 Å². The molecule has 0 aliphatic rings. The van der Waals surface area contributed by atoms with Crippen molar-refractivity contribution in [3.63, 3.8) is 0 Å². The fourth-order valence-electron chi connectivity index (χ4n) is 1.69. The van der Waals surface area contributed by atoms with E-state index in [1.807, 2.05) is 22.9 Å². The SMILES string of the molecule is COCC(CO)NC(=O)Cc1csc(-c2cccs2)n1. The molecular formula is C13H16N2O3S2. The van der Waals surface area contributed by atoms with Crippen molar-refractivity contribution in [3.8, 4) is 9.88 Å². The number of nitrogens with zero attached hydrogens (tertiary/aromatic N) is 1. The van der Waals surface area contributed by atoms with Gasteiger partial charge in [0.2, 0.25) is 5.91 Å². The maximum atomic E-state index is 11.8. The van der Waals surface area contributed by atoms with Crippen LogP contribution in [0, 0.1) is 0 Å². The van der Waals surface area contributed by atoms with E-state index in [1.165, 1.54) is 18.4 Å². The van der Waals surface area contributed by atoms with Crippen molar-refractivity contribution in [3.05, 3.63) is 28.6 Å². The van der Waals surface area contributed by atoms with E-state index in [2.05, 4.69) is 10.3 Å². The van der Waals surface area contributed by atoms with Gasteiger partial charge >= 0.3 is 0 Å². The van der Waals surface area contributed by atoms with Crippen LogP contribution in [0.25, 0.3) is 9.88 Å². The zero-order valence-electron chi connectivity index (χ0n) is 11.0. The summed E-state index contributed by atoms with van der Waals surface area (Å²) in [4.78, 5) is 17.4. The number of nitrogens with one attached hydrogen (secondary N) is 1. The highest BCUT2D eigenvalue weighted by atomic mass is 32.1. The molecule has 108 valence electrons. The average molecular weight is 312 g/mol. The van der Waals surface area contributed by atoms with Gasteiger partial charge in [-0.15, -0.1) is 22.7 Å². The minimum Gasteiger partial charge on any atom is -0.394 e. The highest BCUT2D eigenvalue weighted by Crippen LogP contribution is 2.27. The topological polar surface area (TPSA) is 71.5 Å². The molecule has 2 N–H and O–H groups in total. The lowest BCUT2D eigenvalue weighted by atomic mass is 10.2. The summed E-state index contributed by atoms with van der Waals surface area (Å²) in [5, 5.41) is 16.6. The summed E-state index contributed by atoms with van der Waals surface area (Å²) in [5.74, 6) is -0.163. The van der Waals surface area contributed by atoms with Crippen LogP contribution in [0.4, 0.5) is 0 Å². The summed E-state index contributed by atoms with van der Waals surface area (Å²) in [7, 11) is 1.53. The van der Waals surface area contributed by atoms with Crippen LogP contribution in [-0.2, 0) is 16.0 Å². The molecule has 20 heavy (non-hydrogen) atoms. The molecule has 1 unspecified atom stereocenters. The van der Waals surface area contributed by atoms with Gasteiger partial charge in [-0.3, -0.25) is 4.79 Å². The van der Waals surface area contributed by atoms with Gasteiger partial charge in [-0.2, -0.15) is 0 Å². The number of thiazole rings is 1. The van der Waals surface area contributed by atoms with E-state index in [1.54, 1.807) is 11.3 Å². The Balaban J connectivity index is 1.91. The number of amides is 1. The average Bonchev–Trinajstić information content (AvgIpc) is 3.08. The molecule has 1 amide bonds. The first-order valence-corrected chi connectivity index (χ1v) is 7.86. The largest absolute Gasteiger partial charge is 0.394 e. The number of hydrogen-bond acceptors (Lipinski definition) is 6. The van der Waals surface area contributed by atoms with Crippen molar-refractivity contribution in [2.45, 2.75) is 12.5 Å². The zero-order valence-corrected chi connectivity index (χ0v) is 12.7. The lowest BCUT2D eigenvalue weighted by molar-refractivity contribution is -0.121. The fraction of sp³-hybridized carbons (Fsp3) is 0.385. The minimum absolute atomic E-state index is 0.142. The molecule has 5 nitrogen and oxygen atoms in total. The van der Waals surface area contributed by atoms with E-state index in [9.17, 15) is 4.79 Å². The Morgan fingerprint density at radius 2 is 2.40 bits per heavy atom. The molecule has 0 radical (unpaired) electrons. The molecule has 1 atom stereocenters. The smallest absolute Gasteiger partial charge is 0.226 e. The van der Waals surface area contributed by atoms with Gasteiger partial charge in [0.25, 0.3) is 0 Å². The quantitative estimate of drug-likeness (QED) is 0.813. The number of methoxy groups -OCH3 is 1. The first kappa shape index (κ1) is 15.1. The predicted molar refractivity (Wildman–Crippen MR) is 80.0 cm³/mol. The second kappa shape index (κ2) is 7.49. The molecule has 0 spiro atoms. The minimum atomic E-state index is -0.372. The van der Waals surface area contributed by atoms with Crippen LogP contribution in [0.1, 0.15) is 5.69 Å². The normalized spacial score (nSPS) is 12.3. The van der Waals surface area contributed by atoms with Crippen molar-refractivity contribution in [2.75, 3.05) is 20.3 Å². The molecule has 0 aliphatic carbocycles. The van der Waals surface area contributed by atoms with Crippen molar-refractivity contribution in [1.29, 1.82) is 0 Å². The van der Waals surface area contributed by atoms with E-state index in [0.717, 1.165) is 15.6 Å². The number of thiophene rings is 1. The highest BCUT2D eigenvalue weighted by Gasteiger charge is 2.13. The summed E-state index contributed by atoms with van der Waals surface area (Å²) in [6, 6.07) is 3.61. The molecular weight excluding hydrogens is 296 g/mol. The van der Waals surface area contributed by atoms with Crippen molar-refractivity contribution in [1.82, 2.24) is 10.3 Å². The number of rotatable bonds is 7. The first-order chi connectivity index (χ1) is 9.72. The van der Waals surface area contributed by atoms with Gasteiger partial charge in [0.15, 0.2) is 0 Å². The number of ether oxygens (including phenoxy) is 1. The molecule has 2 aromatic rings. The Kier molecular flexibility index (Phi) is 5.66. The number of aromatic nitrogens is 1. The van der Waals surface area contributed by atoms with Gasteiger partial charge in [0, 0.05) is 12.5 Å². The van der Waals surface area contributed by atoms with Gasteiger partial charge < -0.3 is 15.2 Å². The highest BCUT2D eigenvalue weighted by molar-refractivity contribution is 7.20. The molecule has 0 saturated carbocycles. The van der Waals surface area contributed by atoms with Gasteiger partial charge in [0.05, 0.1) is 36.2 Å². The molecule has 0 aromatic carbocycles. The molecule has 0 saturated heterocycles. The number of hydrogen-bond donors (Lipinski definition) is 2. The van der Waals surface area contributed by atoms with Crippen LogP contribution in [0.3, 0.4) is 0 Å². The second-order valence-electron chi connectivity index (χ2n) is 4.20. The molecule has 0 fully saturated rings. The predicted octanol–water partition coefficient (Wildman–Crippen LogP) is 1.54. The van der Waals surface area contributed by atoms with Crippen LogP contribution >= 0.6 is 22.7 Å². The third-order valence-electron chi connectivity index (χ3n) is 2.58. The van der Waals surface area contributed by atoms with Crippen molar-refractivity contribution in [2.24, 2.45) is 0 Å². The fourth-order valence-corrected chi connectivity index (χ4v) is 3.32. The van der Waals surface area contributed by atoms with E-state index < -0.39 is 0 Å². The van der Waals surface area contributed by atoms with E-state index in [-0.39, 0.29) is 25.0 Å². The molecule has 0 aliphatic heterocycles. The van der Waals surface area contributed by atoms with Gasteiger partial charge in [0.1, 0.15) is 5.01 Å². The van der Waals surface area contributed by atoms with Crippen molar-refractivity contribution >= 4 is 28.6 Å². The zero-order chi connectivity index (χ0) is 14.4. The third kappa shape index (κ3) is 4.11. The van der Waals surface area contributed by atoms with Crippen LogP contribution in [-0.4, -0.2) is 42.4 Å². The molecule has 2 heterocycles. The maximum absolute atomic E-state index is 11.8. The van der Waals surface area contributed by atoms with Gasteiger partial charge in [-0.1, -0.05) is 6.07 Å². The summed E-state index contributed by atoms with van der Waals surface area (Å²) in [6.07, 6.45) is 0.210.